The summed E-state index contributed by atoms with van der Waals surface area (Å²) in [6.45, 7) is 0.313. The van der Waals surface area contributed by atoms with Crippen LogP contribution in [-0.4, -0.2) is 39.2 Å². The summed E-state index contributed by atoms with van der Waals surface area (Å²) in [5, 5.41) is 12.5. The summed E-state index contributed by atoms with van der Waals surface area (Å²) in [4.78, 5) is 30.5. The van der Waals surface area contributed by atoms with Crippen molar-refractivity contribution in [3.8, 4) is 11.5 Å². The molecule has 6 N–H and O–H groups in total. The number of halogens is 1. The maximum Gasteiger partial charge on any atom is 0.251 e. The number of carbonyl (C=O) groups is 2. The number of rotatable bonds is 7. The largest absolute Gasteiger partial charge is 0.388 e. The second-order valence-electron chi connectivity index (χ2n) is 5.84. The Kier molecular flexibility index (Phi) is 6.19. The predicted octanol–water partition coefficient (Wildman–Crippen LogP) is 1.61. The highest BCUT2D eigenvalue weighted by atomic mass is 35.5. The molecule has 0 spiro atoms. The highest BCUT2D eigenvalue weighted by Crippen LogP contribution is 2.24. The number of aromatic amines is 1. The number of anilines is 1. The van der Waals surface area contributed by atoms with Crippen molar-refractivity contribution in [2.75, 3.05) is 11.9 Å². The lowest BCUT2D eigenvalue weighted by Crippen LogP contribution is -2.27. The minimum absolute atomic E-state index is 0. The van der Waals surface area contributed by atoms with E-state index in [4.69, 9.17) is 11.1 Å². The molecule has 142 valence electrons. The quantitative estimate of drug-likeness (QED) is 0.238. The molecule has 0 atom stereocenters. The van der Waals surface area contributed by atoms with Crippen LogP contribution in [0.3, 0.4) is 0 Å². The van der Waals surface area contributed by atoms with E-state index in [0.717, 1.165) is 11.2 Å². The van der Waals surface area contributed by atoms with Crippen LogP contribution >= 0.6 is 12.4 Å². The second-order valence-corrected chi connectivity index (χ2v) is 5.84. The highest BCUT2D eigenvalue weighted by molar-refractivity contribution is 5.98. The summed E-state index contributed by atoms with van der Waals surface area (Å²) >= 11 is 0. The van der Waals surface area contributed by atoms with Gasteiger partial charge in [0.25, 0.3) is 5.91 Å². The summed E-state index contributed by atoms with van der Waals surface area (Å²) < 4.78 is 1.85. The Morgan fingerprint density at radius 2 is 2.19 bits per heavy atom. The van der Waals surface area contributed by atoms with Crippen molar-refractivity contribution in [1.29, 1.82) is 5.41 Å². The molecule has 0 bridgehead atoms. The third kappa shape index (κ3) is 4.45. The van der Waals surface area contributed by atoms with E-state index >= 15 is 0 Å². The van der Waals surface area contributed by atoms with E-state index in [1.54, 1.807) is 24.4 Å². The summed E-state index contributed by atoms with van der Waals surface area (Å²) in [5.74, 6) is 0.424. The summed E-state index contributed by atoms with van der Waals surface area (Å²) in [6, 6.07) is 7.00. The van der Waals surface area contributed by atoms with Crippen molar-refractivity contribution in [3.05, 3.63) is 36.0 Å². The molecule has 0 aliphatic heterocycles. The average Bonchev–Trinajstić information content (AvgIpc) is 3.17. The van der Waals surface area contributed by atoms with Gasteiger partial charge >= 0.3 is 0 Å². The second kappa shape index (κ2) is 8.37. The Morgan fingerprint density at radius 1 is 1.41 bits per heavy atom. The fourth-order valence-electron chi connectivity index (χ4n) is 2.63. The normalized spacial score (nSPS) is 10.3. The third-order valence-corrected chi connectivity index (χ3v) is 3.90. The van der Waals surface area contributed by atoms with Gasteiger partial charge in [0, 0.05) is 31.8 Å². The number of carbonyl (C=O) groups excluding carboxylic acids is 2. The number of nitrogens with zero attached hydrogens (tertiary/aromatic N) is 2. The number of imidazole rings is 1. The molecule has 2 aromatic heterocycles. The number of aromatic nitrogens is 3. The number of hydrogen-bond donors (Lipinski definition) is 5. The first-order valence-electron chi connectivity index (χ1n) is 7.95. The van der Waals surface area contributed by atoms with Gasteiger partial charge in [0.2, 0.25) is 6.41 Å². The molecule has 2 amide bonds. The third-order valence-electron chi connectivity index (χ3n) is 3.90. The average molecular weight is 390 g/mol. The monoisotopic (exact) mass is 389 g/mol. The molecule has 2 heterocycles. The van der Waals surface area contributed by atoms with E-state index in [1.165, 1.54) is 0 Å². The van der Waals surface area contributed by atoms with Gasteiger partial charge < -0.3 is 25.9 Å². The molecule has 0 aliphatic rings. The first kappa shape index (κ1) is 20.0. The number of nitrogens with two attached hydrogens (primary N) is 1. The van der Waals surface area contributed by atoms with Gasteiger partial charge in [-0.15, -0.1) is 12.4 Å². The van der Waals surface area contributed by atoms with Crippen molar-refractivity contribution in [1.82, 2.24) is 19.9 Å². The molecule has 0 saturated carbocycles. The summed E-state index contributed by atoms with van der Waals surface area (Å²) in [5.41, 5.74) is 8.68. The van der Waals surface area contributed by atoms with Crippen LogP contribution in [0.4, 0.5) is 5.69 Å². The molecular formula is C17H20ClN7O2. The fourth-order valence-corrected chi connectivity index (χ4v) is 2.63. The van der Waals surface area contributed by atoms with Gasteiger partial charge in [-0.25, -0.2) is 4.98 Å². The lowest BCUT2D eigenvalue weighted by atomic mass is 10.2. The van der Waals surface area contributed by atoms with Gasteiger partial charge in [-0.05, 0) is 24.3 Å². The number of nitrogens with one attached hydrogen (secondary N) is 4. The Morgan fingerprint density at radius 3 is 2.89 bits per heavy atom. The smallest absolute Gasteiger partial charge is 0.251 e. The van der Waals surface area contributed by atoms with E-state index in [0.29, 0.717) is 42.0 Å². The van der Waals surface area contributed by atoms with Crippen molar-refractivity contribution in [3.63, 3.8) is 0 Å². The van der Waals surface area contributed by atoms with Crippen LogP contribution in [0.25, 0.3) is 22.6 Å². The Labute approximate surface area is 161 Å². The zero-order valence-electron chi connectivity index (χ0n) is 14.6. The molecule has 27 heavy (non-hydrogen) atoms. The predicted molar refractivity (Wildman–Crippen MR) is 106 cm³/mol. The van der Waals surface area contributed by atoms with E-state index in [2.05, 4.69) is 20.6 Å². The minimum Gasteiger partial charge on any atom is -0.388 e. The molecule has 1 aromatic carbocycles. The highest BCUT2D eigenvalue weighted by Gasteiger charge is 2.12. The van der Waals surface area contributed by atoms with Crippen LogP contribution in [0.5, 0.6) is 0 Å². The van der Waals surface area contributed by atoms with E-state index in [9.17, 15) is 9.59 Å². The van der Waals surface area contributed by atoms with Gasteiger partial charge in [-0.3, -0.25) is 15.0 Å². The first-order valence-corrected chi connectivity index (χ1v) is 7.95. The maximum absolute atomic E-state index is 12.2. The van der Waals surface area contributed by atoms with Crippen molar-refractivity contribution < 1.29 is 9.59 Å². The number of H-pyrrole nitrogens is 1. The molecule has 3 rings (SSSR count). The number of hydrogen-bond acceptors (Lipinski definition) is 4. The van der Waals surface area contributed by atoms with Crippen molar-refractivity contribution in [2.45, 2.75) is 6.42 Å². The van der Waals surface area contributed by atoms with Crippen LogP contribution < -0.4 is 16.4 Å². The number of amidine groups is 1. The van der Waals surface area contributed by atoms with Gasteiger partial charge in [0.05, 0.1) is 28.3 Å². The Bertz CT molecular complexity index is 992. The number of aryl methyl sites for hydroxylation is 1. The van der Waals surface area contributed by atoms with Crippen LogP contribution in [0.2, 0.25) is 0 Å². The van der Waals surface area contributed by atoms with E-state index < -0.39 is 0 Å². The minimum atomic E-state index is -0.242. The molecule has 3 aromatic rings. The lowest BCUT2D eigenvalue weighted by Gasteiger charge is -2.04. The molecule has 10 heteroatoms. The Balaban J connectivity index is 0.00000261. The molecule has 0 saturated heterocycles. The zero-order chi connectivity index (χ0) is 18.7. The van der Waals surface area contributed by atoms with Crippen LogP contribution in [0.15, 0.2) is 30.5 Å². The SMILES string of the molecule is Cl.Cn1cc(NC=O)cc1-c1nc2cc(C(=O)NCCC(=N)N)ccc2[nH]1. The fraction of sp³-hybridized carbons (Fsp3) is 0.176. The number of benzene rings is 1. The maximum atomic E-state index is 12.2. The lowest BCUT2D eigenvalue weighted by molar-refractivity contribution is -0.105. The molecule has 0 radical (unpaired) electrons. The molecule has 0 fully saturated rings. The molecular weight excluding hydrogens is 370 g/mol. The van der Waals surface area contributed by atoms with Crippen molar-refractivity contribution >= 4 is 47.3 Å². The van der Waals surface area contributed by atoms with E-state index in [1.807, 2.05) is 17.7 Å². The van der Waals surface area contributed by atoms with E-state index in [-0.39, 0.29) is 24.1 Å². The summed E-state index contributed by atoms with van der Waals surface area (Å²) in [6.07, 6.45) is 2.71. The summed E-state index contributed by atoms with van der Waals surface area (Å²) in [7, 11) is 1.85. The van der Waals surface area contributed by atoms with Gasteiger partial charge in [-0.2, -0.15) is 0 Å². The molecule has 0 unspecified atom stereocenters. The van der Waals surface area contributed by atoms with Gasteiger partial charge in [0.1, 0.15) is 0 Å². The van der Waals surface area contributed by atoms with Gasteiger partial charge in [0.15, 0.2) is 5.82 Å². The zero-order valence-corrected chi connectivity index (χ0v) is 15.4. The molecule has 0 aliphatic carbocycles. The number of amides is 2. The first-order chi connectivity index (χ1) is 12.5. The van der Waals surface area contributed by atoms with Crippen LogP contribution in [-0.2, 0) is 11.8 Å². The van der Waals surface area contributed by atoms with Crippen molar-refractivity contribution in [2.24, 2.45) is 12.8 Å². The standard InChI is InChI=1S/C17H19N7O2.ClH/c1-24-8-11(21-9-25)7-14(24)16-22-12-3-2-10(6-13(12)23-16)17(26)20-5-4-15(18)19;/h2-3,6-9H,4-5H2,1H3,(H3,18,19)(H,20,26)(H,21,25)(H,22,23);1H. The molecule has 9 nitrogen and oxygen atoms in total. The van der Waals surface area contributed by atoms with Crippen LogP contribution in [0.1, 0.15) is 16.8 Å². The number of fused-ring (bicyclic) bond motifs is 1. The topological polar surface area (TPSA) is 142 Å². The van der Waals surface area contributed by atoms with Gasteiger partial charge in [-0.1, -0.05) is 0 Å². The van der Waals surface area contributed by atoms with Crippen LogP contribution in [0, 0.1) is 5.41 Å². The Hall–Kier alpha value is -3.33.